The Morgan fingerprint density at radius 1 is 1.64 bits per heavy atom. The van der Waals surface area contributed by atoms with Crippen molar-refractivity contribution in [2.75, 3.05) is 18.5 Å². The van der Waals surface area contributed by atoms with Crippen LogP contribution in [0.3, 0.4) is 0 Å². The van der Waals surface area contributed by atoms with Crippen LogP contribution in [0.2, 0.25) is 0 Å². The van der Waals surface area contributed by atoms with Crippen molar-refractivity contribution < 1.29 is 0 Å². The van der Waals surface area contributed by atoms with Crippen LogP contribution in [0.4, 0.5) is 5.82 Å². The summed E-state index contributed by atoms with van der Waals surface area (Å²) in [5.41, 5.74) is 1.18. The van der Waals surface area contributed by atoms with Crippen molar-refractivity contribution in [1.82, 2.24) is 4.98 Å². The summed E-state index contributed by atoms with van der Waals surface area (Å²) in [5, 5.41) is 0.120. The van der Waals surface area contributed by atoms with Gasteiger partial charge >= 0.3 is 0 Å². The van der Waals surface area contributed by atoms with E-state index in [0.29, 0.717) is 0 Å². The summed E-state index contributed by atoms with van der Waals surface area (Å²) in [6.07, 6.45) is 1.81. The maximum Gasteiger partial charge on any atom is 0.142 e. The van der Waals surface area contributed by atoms with Crippen molar-refractivity contribution in [2.45, 2.75) is 19.2 Å². The molecule has 1 rings (SSSR count). The Hall–Kier alpha value is -0.280. The van der Waals surface area contributed by atoms with Crippen molar-refractivity contribution in [3.8, 4) is 0 Å². The SMILES string of the molecule is Cc1ccnc(N(C)CC(C)Cl)c1Br. The highest BCUT2D eigenvalue weighted by atomic mass is 79.9. The number of anilines is 1. The third kappa shape index (κ3) is 2.85. The first kappa shape index (κ1) is 11.8. The fourth-order valence-corrected chi connectivity index (χ4v) is 2.00. The number of pyridine rings is 1. The summed E-state index contributed by atoms with van der Waals surface area (Å²) in [6.45, 7) is 4.81. The second kappa shape index (κ2) is 4.99. The third-order valence-corrected chi connectivity index (χ3v) is 3.07. The molecule has 0 radical (unpaired) electrons. The average Bonchev–Trinajstić information content (AvgIpc) is 2.08. The van der Waals surface area contributed by atoms with Crippen LogP contribution in [0, 0.1) is 6.92 Å². The molecular formula is C10H14BrClN2. The van der Waals surface area contributed by atoms with Gasteiger partial charge in [-0.2, -0.15) is 0 Å². The molecule has 1 atom stereocenters. The van der Waals surface area contributed by atoms with Crippen LogP contribution in [0.1, 0.15) is 12.5 Å². The summed E-state index contributed by atoms with van der Waals surface area (Å²) < 4.78 is 1.04. The van der Waals surface area contributed by atoms with Gasteiger partial charge in [0.25, 0.3) is 0 Å². The molecule has 0 aliphatic heterocycles. The van der Waals surface area contributed by atoms with Crippen LogP contribution >= 0.6 is 27.5 Å². The van der Waals surface area contributed by atoms with Crippen LogP contribution < -0.4 is 4.90 Å². The van der Waals surface area contributed by atoms with E-state index < -0.39 is 0 Å². The Kier molecular flexibility index (Phi) is 4.20. The van der Waals surface area contributed by atoms with E-state index in [1.807, 2.05) is 33.2 Å². The minimum Gasteiger partial charge on any atom is -0.357 e. The predicted molar refractivity (Wildman–Crippen MR) is 65.3 cm³/mol. The van der Waals surface area contributed by atoms with E-state index in [1.54, 1.807) is 0 Å². The molecule has 0 fully saturated rings. The fourth-order valence-electron chi connectivity index (χ4n) is 1.26. The Bertz CT molecular complexity index is 315. The average molecular weight is 278 g/mol. The van der Waals surface area contributed by atoms with E-state index in [0.717, 1.165) is 16.8 Å². The molecule has 0 saturated heterocycles. The van der Waals surface area contributed by atoms with Crippen LogP contribution in [0.25, 0.3) is 0 Å². The standard InChI is InChI=1S/C10H14BrClN2/c1-7-4-5-13-10(9(7)11)14(3)6-8(2)12/h4-5,8H,6H2,1-3H3. The van der Waals surface area contributed by atoms with E-state index in [2.05, 4.69) is 25.8 Å². The molecule has 0 saturated carbocycles. The molecule has 78 valence electrons. The van der Waals surface area contributed by atoms with Crippen LogP contribution in [-0.2, 0) is 0 Å². The highest BCUT2D eigenvalue weighted by Crippen LogP contribution is 2.26. The van der Waals surface area contributed by atoms with Crippen molar-refractivity contribution in [3.05, 3.63) is 22.3 Å². The zero-order chi connectivity index (χ0) is 10.7. The molecule has 4 heteroatoms. The monoisotopic (exact) mass is 276 g/mol. The number of alkyl halides is 1. The number of hydrogen-bond donors (Lipinski definition) is 0. The zero-order valence-electron chi connectivity index (χ0n) is 8.59. The smallest absolute Gasteiger partial charge is 0.142 e. The lowest BCUT2D eigenvalue weighted by molar-refractivity contribution is 0.841. The molecule has 0 spiro atoms. The Morgan fingerprint density at radius 3 is 2.86 bits per heavy atom. The number of nitrogens with zero attached hydrogens (tertiary/aromatic N) is 2. The summed E-state index contributed by atoms with van der Waals surface area (Å²) in [4.78, 5) is 6.36. The van der Waals surface area contributed by atoms with Gasteiger partial charge in [-0.3, -0.25) is 0 Å². The van der Waals surface area contributed by atoms with Crippen molar-refractivity contribution >= 4 is 33.3 Å². The van der Waals surface area contributed by atoms with Gasteiger partial charge in [-0.1, -0.05) is 0 Å². The first-order chi connectivity index (χ1) is 6.52. The molecular weight excluding hydrogens is 263 g/mol. The van der Waals surface area contributed by atoms with E-state index in [4.69, 9.17) is 11.6 Å². The van der Waals surface area contributed by atoms with Gasteiger partial charge in [0.1, 0.15) is 5.82 Å². The fraction of sp³-hybridized carbons (Fsp3) is 0.500. The Balaban J connectivity index is 2.89. The topological polar surface area (TPSA) is 16.1 Å². The van der Waals surface area contributed by atoms with E-state index in [1.165, 1.54) is 5.56 Å². The second-order valence-electron chi connectivity index (χ2n) is 3.43. The zero-order valence-corrected chi connectivity index (χ0v) is 10.9. The lowest BCUT2D eigenvalue weighted by Gasteiger charge is -2.21. The number of hydrogen-bond acceptors (Lipinski definition) is 2. The number of rotatable bonds is 3. The molecule has 1 heterocycles. The Labute approximate surface area is 98.4 Å². The first-order valence-corrected chi connectivity index (χ1v) is 5.71. The quantitative estimate of drug-likeness (QED) is 0.789. The minimum absolute atomic E-state index is 0.120. The second-order valence-corrected chi connectivity index (χ2v) is 4.96. The molecule has 0 N–H and O–H groups in total. The maximum atomic E-state index is 5.93. The van der Waals surface area contributed by atoms with Crippen molar-refractivity contribution in [1.29, 1.82) is 0 Å². The molecule has 1 aromatic heterocycles. The van der Waals surface area contributed by atoms with E-state index >= 15 is 0 Å². The highest BCUT2D eigenvalue weighted by molar-refractivity contribution is 9.10. The van der Waals surface area contributed by atoms with Crippen molar-refractivity contribution in [3.63, 3.8) is 0 Å². The van der Waals surface area contributed by atoms with Crippen LogP contribution in [0.15, 0.2) is 16.7 Å². The molecule has 0 amide bonds. The van der Waals surface area contributed by atoms with Gasteiger partial charge in [0.15, 0.2) is 0 Å². The van der Waals surface area contributed by atoms with Gasteiger partial charge in [0.05, 0.1) is 4.47 Å². The normalized spacial score (nSPS) is 12.6. The number of halogens is 2. The van der Waals surface area contributed by atoms with E-state index in [-0.39, 0.29) is 5.38 Å². The predicted octanol–water partition coefficient (Wildman–Crippen LogP) is 3.22. The third-order valence-electron chi connectivity index (χ3n) is 1.95. The highest BCUT2D eigenvalue weighted by Gasteiger charge is 2.10. The van der Waals surface area contributed by atoms with Gasteiger partial charge in [0, 0.05) is 25.2 Å². The van der Waals surface area contributed by atoms with Gasteiger partial charge in [-0.05, 0) is 41.4 Å². The summed E-state index contributed by atoms with van der Waals surface area (Å²) in [6, 6.07) is 1.98. The lowest BCUT2D eigenvalue weighted by atomic mass is 10.3. The largest absolute Gasteiger partial charge is 0.357 e. The Morgan fingerprint density at radius 2 is 2.29 bits per heavy atom. The molecule has 14 heavy (non-hydrogen) atoms. The maximum absolute atomic E-state index is 5.93. The van der Waals surface area contributed by atoms with E-state index in [9.17, 15) is 0 Å². The van der Waals surface area contributed by atoms with Crippen LogP contribution in [0.5, 0.6) is 0 Å². The van der Waals surface area contributed by atoms with Crippen molar-refractivity contribution in [2.24, 2.45) is 0 Å². The summed E-state index contributed by atoms with van der Waals surface area (Å²) >= 11 is 9.45. The lowest BCUT2D eigenvalue weighted by Crippen LogP contribution is -2.25. The molecule has 0 aliphatic carbocycles. The molecule has 0 bridgehead atoms. The first-order valence-electron chi connectivity index (χ1n) is 4.48. The van der Waals surface area contributed by atoms with Crippen LogP contribution in [-0.4, -0.2) is 24.0 Å². The summed E-state index contributed by atoms with van der Waals surface area (Å²) in [7, 11) is 1.99. The molecule has 0 aromatic carbocycles. The minimum atomic E-state index is 0.120. The number of aromatic nitrogens is 1. The van der Waals surface area contributed by atoms with Gasteiger partial charge in [-0.25, -0.2) is 4.98 Å². The summed E-state index contributed by atoms with van der Waals surface area (Å²) in [5.74, 6) is 0.942. The molecule has 1 unspecified atom stereocenters. The van der Waals surface area contributed by atoms with Gasteiger partial charge in [0.2, 0.25) is 0 Å². The molecule has 1 aromatic rings. The molecule has 0 aliphatic rings. The molecule has 2 nitrogen and oxygen atoms in total. The van der Waals surface area contributed by atoms with Gasteiger partial charge < -0.3 is 4.90 Å². The van der Waals surface area contributed by atoms with Gasteiger partial charge in [-0.15, -0.1) is 11.6 Å². The number of aryl methyl sites for hydroxylation is 1.